The van der Waals surface area contributed by atoms with Crippen molar-refractivity contribution in [2.75, 3.05) is 24.7 Å². The normalized spacial score (nSPS) is 19.4. The van der Waals surface area contributed by atoms with Gasteiger partial charge < -0.3 is 9.15 Å². The minimum atomic E-state index is -3.68. The van der Waals surface area contributed by atoms with Gasteiger partial charge in [0.15, 0.2) is 0 Å². The number of ether oxygens (including phenoxy) is 1. The second-order valence-corrected chi connectivity index (χ2v) is 10.5. The summed E-state index contributed by atoms with van der Waals surface area (Å²) in [6, 6.07) is 13.3. The summed E-state index contributed by atoms with van der Waals surface area (Å²) in [5, 5.41) is 10.4. The van der Waals surface area contributed by atoms with Gasteiger partial charge in [-0.3, -0.25) is 10.1 Å². The van der Waals surface area contributed by atoms with E-state index in [4.69, 9.17) is 9.15 Å². The van der Waals surface area contributed by atoms with Gasteiger partial charge in [-0.05, 0) is 68.6 Å². The maximum absolute atomic E-state index is 13.0. The van der Waals surface area contributed by atoms with Crippen LogP contribution in [0.15, 0.2) is 62.7 Å². The van der Waals surface area contributed by atoms with E-state index in [9.17, 15) is 13.2 Å². The smallest absolute Gasteiger partial charge is 0.322 e. The number of anilines is 1. The van der Waals surface area contributed by atoms with Crippen molar-refractivity contribution in [3.8, 4) is 11.5 Å². The lowest BCUT2D eigenvalue weighted by Gasteiger charge is -2.34. The number of sulfonamides is 1. The third-order valence-corrected chi connectivity index (χ3v) is 7.71. The van der Waals surface area contributed by atoms with Crippen molar-refractivity contribution >= 4 is 33.7 Å². The summed E-state index contributed by atoms with van der Waals surface area (Å²) in [4.78, 5) is 13.8. The van der Waals surface area contributed by atoms with Crippen molar-refractivity contribution in [3.05, 3.63) is 54.1 Å². The van der Waals surface area contributed by atoms with E-state index in [0.717, 1.165) is 10.5 Å². The van der Waals surface area contributed by atoms with Crippen molar-refractivity contribution in [1.29, 1.82) is 0 Å². The number of carbonyl (C=O) groups excluding carboxylic acids is 1. The molecule has 0 bridgehead atoms. The zero-order chi connectivity index (χ0) is 23.6. The molecule has 2 atom stereocenters. The van der Waals surface area contributed by atoms with Crippen molar-refractivity contribution in [3.63, 3.8) is 0 Å². The summed E-state index contributed by atoms with van der Waals surface area (Å²) in [6.07, 6.45) is 1.62. The van der Waals surface area contributed by atoms with Crippen LogP contribution in [0, 0.1) is 0 Å². The molecule has 0 saturated carbocycles. The Kier molecular flexibility index (Phi) is 6.84. The molecule has 3 aromatic rings. The van der Waals surface area contributed by atoms with Crippen LogP contribution in [0.5, 0.6) is 0 Å². The van der Waals surface area contributed by atoms with Gasteiger partial charge in [0.05, 0.1) is 17.1 Å². The third-order valence-electron chi connectivity index (χ3n) is 5.12. The van der Waals surface area contributed by atoms with Gasteiger partial charge in [-0.2, -0.15) is 4.31 Å². The minimum Gasteiger partial charge on any atom is -0.403 e. The van der Waals surface area contributed by atoms with Crippen LogP contribution in [0.3, 0.4) is 0 Å². The molecule has 2 aromatic carbocycles. The molecule has 174 valence electrons. The summed E-state index contributed by atoms with van der Waals surface area (Å²) in [5.74, 6) is -0.200. The number of amides is 1. The van der Waals surface area contributed by atoms with Gasteiger partial charge in [-0.15, -0.1) is 16.9 Å². The van der Waals surface area contributed by atoms with E-state index in [-0.39, 0.29) is 47.7 Å². The highest BCUT2D eigenvalue weighted by Gasteiger charge is 2.32. The summed E-state index contributed by atoms with van der Waals surface area (Å²) in [5.41, 5.74) is 1.00. The molecule has 11 heteroatoms. The van der Waals surface area contributed by atoms with E-state index in [1.165, 1.54) is 28.6 Å². The highest BCUT2D eigenvalue weighted by molar-refractivity contribution is 7.98. The van der Waals surface area contributed by atoms with Crippen molar-refractivity contribution in [2.45, 2.75) is 35.8 Å². The number of nitrogens with zero attached hydrogens (tertiary/aromatic N) is 3. The molecule has 1 aliphatic rings. The number of rotatable bonds is 6. The number of carbonyl (C=O) groups is 1. The van der Waals surface area contributed by atoms with Crippen molar-refractivity contribution in [2.24, 2.45) is 0 Å². The molecule has 0 aliphatic carbocycles. The fourth-order valence-electron chi connectivity index (χ4n) is 3.55. The number of nitrogens with one attached hydrogen (secondary N) is 1. The molecular weight excluding hydrogens is 464 g/mol. The van der Waals surface area contributed by atoms with Crippen LogP contribution in [0.2, 0.25) is 0 Å². The van der Waals surface area contributed by atoms with Gasteiger partial charge in [0.1, 0.15) is 0 Å². The monoisotopic (exact) mass is 488 g/mol. The average Bonchev–Trinajstić information content (AvgIpc) is 3.27. The quantitative estimate of drug-likeness (QED) is 0.524. The van der Waals surface area contributed by atoms with Gasteiger partial charge in [0, 0.05) is 29.1 Å². The van der Waals surface area contributed by atoms with Crippen LogP contribution < -0.4 is 5.32 Å². The lowest BCUT2D eigenvalue weighted by Crippen LogP contribution is -2.48. The fourth-order valence-corrected chi connectivity index (χ4v) is 5.55. The van der Waals surface area contributed by atoms with Crippen molar-refractivity contribution < 1.29 is 22.4 Å². The molecule has 33 heavy (non-hydrogen) atoms. The topological polar surface area (TPSA) is 115 Å². The van der Waals surface area contributed by atoms with Crippen LogP contribution in [-0.2, 0) is 14.8 Å². The lowest BCUT2D eigenvalue weighted by atomic mass is 10.2. The van der Waals surface area contributed by atoms with E-state index < -0.39 is 15.9 Å². The minimum absolute atomic E-state index is 0.0445. The molecule has 0 radical (unpaired) electrons. The van der Waals surface area contributed by atoms with Crippen LogP contribution in [0.25, 0.3) is 11.5 Å². The number of aromatic nitrogens is 2. The third kappa shape index (κ3) is 5.27. The molecule has 1 amide bonds. The second kappa shape index (κ2) is 9.64. The summed E-state index contributed by atoms with van der Waals surface area (Å²) >= 11 is 1.62. The SMILES string of the molecule is CSc1ccc(-c2nnc(NC(=O)c3ccc(S(=O)(=O)N4CC(C)OC(C)C4)cc3)o2)cc1. The first-order valence-electron chi connectivity index (χ1n) is 10.3. The molecule has 1 fully saturated rings. The number of thioether (sulfide) groups is 1. The molecule has 1 saturated heterocycles. The van der Waals surface area contributed by atoms with Gasteiger partial charge in [-0.25, -0.2) is 8.42 Å². The predicted octanol–water partition coefficient (Wildman–Crippen LogP) is 3.51. The van der Waals surface area contributed by atoms with Crippen LogP contribution in [-0.4, -0.2) is 60.4 Å². The summed E-state index contributed by atoms with van der Waals surface area (Å²) in [7, 11) is -3.68. The zero-order valence-electron chi connectivity index (χ0n) is 18.4. The van der Waals surface area contributed by atoms with Crippen molar-refractivity contribution in [1.82, 2.24) is 14.5 Å². The Labute approximate surface area is 196 Å². The van der Waals surface area contributed by atoms with Crippen LogP contribution in [0.1, 0.15) is 24.2 Å². The zero-order valence-corrected chi connectivity index (χ0v) is 20.0. The molecule has 1 aromatic heterocycles. The van der Waals surface area contributed by atoms with E-state index in [2.05, 4.69) is 15.5 Å². The first-order valence-corrected chi connectivity index (χ1v) is 13.0. The lowest BCUT2D eigenvalue weighted by molar-refractivity contribution is -0.0440. The molecule has 2 heterocycles. The highest BCUT2D eigenvalue weighted by Crippen LogP contribution is 2.24. The predicted molar refractivity (Wildman–Crippen MR) is 125 cm³/mol. The van der Waals surface area contributed by atoms with Crippen LogP contribution >= 0.6 is 11.8 Å². The van der Waals surface area contributed by atoms with Gasteiger partial charge >= 0.3 is 6.01 Å². The maximum Gasteiger partial charge on any atom is 0.322 e. The largest absolute Gasteiger partial charge is 0.403 e. The Morgan fingerprint density at radius 2 is 1.67 bits per heavy atom. The second-order valence-electron chi connectivity index (χ2n) is 7.70. The van der Waals surface area contributed by atoms with E-state index in [1.54, 1.807) is 11.8 Å². The Bertz CT molecular complexity index is 1220. The Balaban J connectivity index is 1.44. The molecule has 4 rings (SSSR count). The Morgan fingerprint density at radius 1 is 1.03 bits per heavy atom. The molecule has 1 aliphatic heterocycles. The highest BCUT2D eigenvalue weighted by atomic mass is 32.2. The fraction of sp³-hybridized carbons (Fsp3) is 0.318. The van der Waals surface area contributed by atoms with Gasteiger partial charge in [0.25, 0.3) is 5.91 Å². The Morgan fingerprint density at radius 3 is 2.27 bits per heavy atom. The standard InChI is InChI=1S/C22H24N4O5S2/c1-14-12-26(13-15(2)30-14)33(28,29)19-10-6-16(7-11-19)20(27)23-22-25-24-21(31-22)17-4-8-18(32-3)9-5-17/h4-11,14-15H,12-13H2,1-3H3,(H,23,25,27). The van der Waals surface area contributed by atoms with Gasteiger partial charge in [-0.1, -0.05) is 5.10 Å². The first-order chi connectivity index (χ1) is 15.8. The average molecular weight is 489 g/mol. The summed E-state index contributed by atoms with van der Waals surface area (Å²) < 4.78 is 38.5. The van der Waals surface area contributed by atoms with Crippen LogP contribution in [0.4, 0.5) is 6.01 Å². The number of morpholine rings is 1. The first kappa shape index (κ1) is 23.4. The van der Waals surface area contributed by atoms with E-state index >= 15 is 0 Å². The van der Waals surface area contributed by atoms with E-state index in [0.29, 0.717) is 0 Å². The Hall–Kier alpha value is -2.73. The molecular formula is C22H24N4O5S2. The van der Waals surface area contributed by atoms with Gasteiger partial charge in [0.2, 0.25) is 15.9 Å². The molecule has 9 nitrogen and oxygen atoms in total. The maximum atomic E-state index is 13.0. The summed E-state index contributed by atoms with van der Waals surface area (Å²) in [6.45, 7) is 4.25. The van der Waals surface area contributed by atoms with E-state index in [1.807, 2.05) is 44.4 Å². The molecule has 1 N–H and O–H groups in total. The molecule has 2 unspecified atom stereocenters. The number of hydrogen-bond acceptors (Lipinski definition) is 8. The molecule has 0 spiro atoms. The number of benzene rings is 2. The number of hydrogen-bond donors (Lipinski definition) is 1.